The third kappa shape index (κ3) is 4.09. The van der Waals surface area contributed by atoms with Crippen LogP contribution in [0.3, 0.4) is 0 Å². The minimum absolute atomic E-state index is 0.267. The second-order valence-electron chi connectivity index (χ2n) is 5.93. The first-order valence-electron chi connectivity index (χ1n) is 7.94. The van der Waals surface area contributed by atoms with E-state index in [-0.39, 0.29) is 5.70 Å². The summed E-state index contributed by atoms with van der Waals surface area (Å²) < 4.78 is 16.4. The van der Waals surface area contributed by atoms with Gasteiger partial charge in [0.2, 0.25) is 5.90 Å². The number of hydrogen-bond donors (Lipinski definition) is 0. The van der Waals surface area contributed by atoms with Gasteiger partial charge in [-0.3, -0.25) is 0 Å². The smallest absolute Gasteiger partial charge is 0.363 e. The van der Waals surface area contributed by atoms with E-state index in [0.29, 0.717) is 29.9 Å². The highest BCUT2D eigenvalue weighted by atomic mass is 32.1. The van der Waals surface area contributed by atoms with Crippen molar-refractivity contribution < 1.29 is 19.0 Å². The van der Waals surface area contributed by atoms with Crippen molar-refractivity contribution in [3.8, 4) is 11.5 Å². The van der Waals surface area contributed by atoms with Gasteiger partial charge in [-0.25, -0.2) is 9.79 Å². The molecule has 2 aromatic rings. The van der Waals surface area contributed by atoms with Crippen molar-refractivity contribution in [3.63, 3.8) is 0 Å². The van der Waals surface area contributed by atoms with Crippen molar-refractivity contribution in [2.24, 2.45) is 10.9 Å². The number of hydrogen-bond acceptors (Lipinski definition) is 6. The molecule has 130 valence electrons. The van der Waals surface area contributed by atoms with Crippen LogP contribution in [0.25, 0.3) is 6.08 Å². The minimum atomic E-state index is -0.455. The molecule has 0 bridgehead atoms. The number of aliphatic imine (C=N–C) groups is 1. The van der Waals surface area contributed by atoms with Gasteiger partial charge in [-0.2, -0.15) is 0 Å². The molecule has 0 amide bonds. The van der Waals surface area contributed by atoms with Gasteiger partial charge < -0.3 is 14.2 Å². The average molecular weight is 357 g/mol. The number of nitrogens with zero attached hydrogens (tertiary/aromatic N) is 1. The Morgan fingerprint density at radius 3 is 2.80 bits per heavy atom. The molecule has 1 aliphatic rings. The molecule has 0 saturated carbocycles. The highest BCUT2D eigenvalue weighted by molar-refractivity contribution is 7.12. The molecule has 1 aromatic carbocycles. The lowest BCUT2D eigenvalue weighted by atomic mass is 10.1. The molecule has 5 nitrogen and oxygen atoms in total. The van der Waals surface area contributed by atoms with Crippen LogP contribution in [0.1, 0.15) is 24.3 Å². The highest BCUT2D eigenvalue weighted by Crippen LogP contribution is 2.30. The van der Waals surface area contributed by atoms with Crippen LogP contribution in [-0.4, -0.2) is 25.6 Å². The lowest BCUT2D eigenvalue weighted by Crippen LogP contribution is -2.05. The summed E-state index contributed by atoms with van der Waals surface area (Å²) in [6.07, 6.45) is 1.69. The van der Waals surface area contributed by atoms with E-state index in [1.165, 1.54) is 11.3 Å². The van der Waals surface area contributed by atoms with Gasteiger partial charge in [0.1, 0.15) is 0 Å². The van der Waals surface area contributed by atoms with E-state index >= 15 is 0 Å². The number of carbonyl (C=O) groups excluding carboxylic acids is 1. The molecule has 3 rings (SSSR count). The maximum atomic E-state index is 12.1. The van der Waals surface area contributed by atoms with Crippen molar-refractivity contribution in [3.05, 3.63) is 51.8 Å². The van der Waals surface area contributed by atoms with Crippen molar-refractivity contribution in [2.75, 3.05) is 13.7 Å². The standard InChI is InChI=1S/C19H19NO4S/c1-12(2)11-23-16-10-13(6-7-15(16)22-3)9-14-19(21)24-18(20-14)17-5-4-8-25-17/h4-10,12H,11H2,1-3H3/b14-9-. The van der Waals surface area contributed by atoms with E-state index in [0.717, 1.165) is 10.4 Å². The van der Waals surface area contributed by atoms with Crippen LogP contribution in [-0.2, 0) is 9.53 Å². The Hall–Kier alpha value is -2.60. The number of thiophene rings is 1. The molecule has 0 saturated heterocycles. The maximum absolute atomic E-state index is 12.1. The SMILES string of the molecule is COc1ccc(/C=C2\N=C(c3cccs3)OC2=O)cc1OCC(C)C. The van der Waals surface area contributed by atoms with Gasteiger partial charge in [-0.05, 0) is 41.1 Å². The van der Waals surface area contributed by atoms with Crippen LogP contribution in [0.15, 0.2) is 46.4 Å². The number of carbonyl (C=O) groups is 1. The van der Waals surface area contributed by atoms with E-state index in [4.69, 9.17) is 14.2 Å². The van der Waals surface area contributed by atoms with Crippen LogP contribution >= 0.6 is 11.3 Å². The second-order valence-corrected chi connectivity index (χ2v) is 6.88. The number of esters is 1. The molecule has 0 atom stereocenters. The van der Waals surface area contributed by atoms with Crippen molar-refractivity contribution >= 4 is 29.3 Å². The van der Waals surface area contributed by atoms with E-state index in [9.17, 15) is 4.79 Å². The van der Waals surface area contributed by atoms with E-state index < -0.39 is 5.97 Å². The Labute approximate surface area is 150 Å². The molecule has 25 heavy (non-hydrogen) atoms. The predicted molar refractivity (Wildman–Crippen MR) is 98.3 cm³/mol. The van der Waals surface area contributed by atoms with Gasteiger partial charge in [0.25, 0.3) is 0 Å². The molecule has 0 radical (unpaired) electrons. The lowest BCUT2D eigenvalue weighted by Gasteiger charge is -2.13. The summed E-state index contributed by atoms with van der Waals surface area (Å²) in [5.41, 5.74) is 1.06. The average Bonchev–Trinajstić information content (AvgIpc) is 3.23. The zero-order valence-electron chi connectivity index (χ0n) is 14.3. The van der Waals surface area contributed by atoms with Crippen LogP contribution in [0, 0.1) is 5.92 Å². The fourth-order valence-corrected chi connectivity index (χ4v) is 2.87. The molecule has 0 aliphatic carbocycles. The number of benzene rings is 1. The van der Waals surface area contributed by atoms with E-state index in [2.05, 4.69) is 18.8 Å². The molecule has 6 heteroatoms. The van der Waals surface area contributed by atoms with Gasteiger partial charge in [0.05, 0.1) is 18.6 Å². The lowest BCUT2D eigenvalue weighted by molar-refractivity contribution is -0.129. The zero-order chi connectivity index (χ0) is 17.8. The van der Waals surface area contributed by atoms with Crippen molar-refractivity contribution in [1.29, 1.82) is 0 Å². The first kappa shape index (κ1) is 17.2. The number of ether oxygens (including phenoxy) is 3. The fraction of sp³-hybridized carbons (Fsp3) is 0.263. The number of cyclic esters (lactones) is 1. The topological polar surface area (TPSA) is 57.1 Å². The normalized spacial score (nSPS) is 15.4. The number of rotatable bonds is 6. The fourth-order valence-electron chi connectivity index (χ4n) is 2.22. The van der Waals surface area contributed by atoms with E-state index in [1.807, 2.05) is 35.7 Å². The monoisotopic (exact) mass is 357 g/mol. The Kier molecular flexibility index (Phi) is 5.19. The molecule has 1 aliphatic heterocycles. The highest BCUT2D eigenvalue weighted by Gasteiger charge is 2.24. The first-order valence-corrected chi connectivity index (χ1v) is 8.82. The van der Waals surface area contributed by atoms with Crippen molar-refractivity contribution in [2.45, 2.75) is 13.8 Å². The molecule has 2 heterocycles. The van der Waals surface area contributed by atoms with Crippen molar-refractivity contribution in [1.82, 2.24) is 0 Å². The molecule has 0 unspecified atom stereocenters. The summed E-state index contributed by atoms with van der Waals surface area (Å²) >= 11 is 1.48. The quantitative estimate of drug-likeness (QED) is 0.576. The third-order valence-electron chi connectivity index (χ3n) is 3.42. The molecule has 0 N–H and O–H groups in total. The third-order valence-corrected chi connectivity index (χ3v) is 4.27. The predicted octanol–water partition coefficient (Wildman–Crippen LogP) is 4.14. The largest absolute Gasteiger partial charge is 0.493 e. The Morgan fingerprint density at radius 1 is 1.28 bits per heavy atom. The van der Waals surface area contributed by atoms with Gasteiger partial charge in [-0.15, -0.1) is 11.3 Å². The Balaban J connectivity index is 1.87. The summed E-state index contributed by atoms with van der Waals surface area (Å²) in [5, 5.41) is 1.91. The van der Waals surface area contributed by atoms with Gasteiger partial charge >= 0.3 is 5.97 Å². The van der Waals surface area contributed by atoms with Gasteiger partial charge in [-0.1, -0.05) is 26.0 Å². The summed E-state index contributed by atoms with van der Waals surface area (Å²) in [7, 11) is 1.60. The van der Waals surface area contributed by atoms with Crippen LogP contribution < -0.4 is 9.47 Å². The summed E-state index contributed by atoms with van der Waals surface area (Å²) in [5.74, 6) is 1.58. The van der Waals surface area contributed by atoms with Gasteiger partial charge in [0, 0.05) is 0 Å². The molecular weight excluding hydrogens is 338 g/mol. The zero-order valence-corrected chi connectivity index (χ0v) is 15.1. The Morgan fingerprint density at radius 2 is 2.12 bits per heavy atom. The van der Waals surface area contributed by atoms with E-state index in [1.54, 1.807) is 13.2 Å². The molecular formula is C19H19NO4S. The van der Waals surface area contributed by atoms with Gasteiger partial charge in [0.15, 0.2) is 17.2 Å². The first-order chi connectivity index (χ1) is 12.1. The van der Waals surface area contributed by atoms with Crippen LogP contribution in [0.5, 0.6) is 11.5 Å². The summed E-state index contributed by atoms with van der Waals surface area (Å²) in [6.45, 7) is 4.74. The Bertz CT molecular complexity index is 822. The minimum Gasteiger partial charge on any atom is -0.493 e. The summed E-state index contributed by atoms with van der Waals surface area (Å²) in [4.78, 5) is 17.2. The maximum Gasteiger partial charge on any atom is 0.363 e. The molecule has 1 aromatic heterocycles. The van der Waals surface area contributed by atoms with Crippen LogP contribution in [0.4, 0.5) is 0 Å². The second kappa shape index (κ2) is 7.53. The number of methoxy groups -OCH3 is 1. The summed E-state index contributed by atoms with van der Waals surface area (Å²) in [6, 6.07) is 9.25. The molecule has 0 fully saturated rings. The van der Waals surface area contributed by atoms with Crippen LogP contribution in [0.2, 0.25) is 0 Å². The molecule has 0 spiro atoms.